The van der Waals surface area contributed by atoms with Crippen molar-refractivity contribution in [3.8, 4) is 12.1 Å². The first kappa shape index (κ1) is 13.2. The Morgan fingerprint density at radius 3 is 2.60 bits per heavy atom. The molecule has 1 heterocycles. The maximum Gasteiger partial charge on any atom is 0.338 e. The Kier molecular flexibility index (Phi) is 3.69. The number of benzene rings is 1. The second kappa shape index (κ2) is 5.59. The van der Waals surface area contributed by atoms with E-state index >= 15 is 0 Å². The van der Waals surface area contributed by atoms with Gasteiger partial charge in [-0.3, -0.25) is 0 Å². The Balaban J connectivity index is 2.09. The van der Waals surface area contributed by atoms with Crippen molar-refractivity contribution >= 4 is 11.7 Å². The van der Waals surface area contributed by atoms with E-state index in [1.54, 1.807) is 18.2 Å². The second-order valence-electron chi connectivity index (χ2n) is 3.94. The fourth-order valence-electron chi connectivity index (χ4n) is 1.62. The van der Waals surface area contributed by atoms with Gasteiger partial charge in [-0.15, -0.1) is 0 Å². The van der Waals surface area contributed by atoms with Crippen molar-refractivity contribution in [3.05, 3.63) is 53.0 Å². The number of carboxylic acid groups (broad SMARTS) is 1. The molecule has 0 aliphatic heterocycles. The maximum atomic E-state index is 10.7. The fraction of sp³-hybridized carbons (Fsp3) is 0.0714. The van der Waals surface area contributed by atoms with Gasteiger partial charge in [-0.1, -0.05) is 0 Å². The third kappa shape index (κ3) is 2.77. The third-order valence-corrected chi connectivity index (χ3v) is 2.63. The number of nitrogens with zero attached hydrogens (tertiary/aromatic N) is 2. The van der Waals surface area contributed by atoms with Gasteiger partial charge in [-0.05, 0) is 24.3 Å². The van der Waals surface area contributed by atoms with Crippen LogP contribution >= 0.6 is 0 Å². The van der Waals surface area contributed by atoms with Crippen LogP contribution in [0.2, 0.25) is 0 Å². The average Bonchev–Trinajstić information content (AvgIpc) is 2.94. The summed E-state index contributed by atoms with van der Waals surface area (Å²) in [5.41, 5.74) is 1.32. The Morgan fingerprint density at radius 1 is 1.25 bits per heavy atom. The van der Waals surface area contributed by atoms with E-state index < -0.39 is 5.97 Å². The first-order chi connectivity index (χ1) is 9.63. The summed E-state index contributed by atoms with van der Waals surface area (Å²) in [6.07, 6.45) is 1.17. The van der Waals surface area contributed by atoms with Gasteiger partial charge in [0.1, 0.15) is 24.2 Å². The number of anilines is 1. The molecule has 1 aromatic carbocycles. The van der Waals surface area contributed by atoms with E-state index in [1.807, 2.05) is 12.1 Å². The quantitative estimate of drug-likeness (QED) is 0.879. The Hall–Kier alpha value is -3.25. The average molecular weight is 267 g/mol. The molecule has 0 saturated heterocycles. The number of aromatic carboxylic acids is 1. The van der Waals surface area contributed by atoms with Crippen molar-refractivity contribution in [2.24, 2.45) is 0 Å². The van der Waals surface area contributed by atoms with Gasteiger partial charge in [-0.25, -0.2) is 4.79 Å². The lowest BCUT2D eigenvalue weighted by atomic mass is 10.1. The Labute approximate surface area is 114 Å². The van der Waals surface area contributed by atoms with Crippen molar-refractivity contribution in [2.75, 3.05) is 5.32 Å². The first-order valence-electron chi connectivity index (χ1n) is 5.63. The van der Waals surface area contributed by atoms with Crippen LogP contribution in [-0.2, 0) is 6.54 Å². The van der Waals surface area contributed by atoms with Crippen LogP contribution in [-0.4, -0.2) is 11.1 Å². The van der Waals surface area contributed by atoms with Crippen LogP contribution in [0.5, 0.6) is 0 Å². The van der Waals surface area contributed by atoms with Gasteiger partial charge in [0.2, 0.25) is 0 Å². The van der Waals surface area contributed by atoms with Crippen molar-refractivity contribution in [1.29, 1.82) is 10.5 Å². The standard InChI is InChI=1S/C14H9N3O3/c15-5-9-1-2-12(3-10(9)6-16)17-7-13-4-11(8-20-13)14(18)19/h1-4,8,17H,7H2,(H,18,19). The predicted molar refractivity (Wildman–Crippen MR) is 68.9 cm³/mol. The van der Waals surface area contributed by atoms with Crippen LogP contribution in [0.25, 0.3) is 0 Å². The first-order valence-corrected chi connectivity index (χ1v) is 5.63. The monoisotopic (exact) mass is 267 g/mol. The number of nitrogens with one attached hydrogen (secondary N) is 1. The zero-order valence-electron chi connectivity index (χ0n) is 10.3. The molecule has 0 spiro atoms. The number of hydrogen-bond donors (Lipinski definition) is 2. The predicted octanol–water partition coefficient (Wildman–Crippen LogP) is 2.33. The second-order valence-corrected chi connectivity index (χ2v) is 3.94. The van der Waals surface area contributed by atoms with Crippen LogP contribution in [0.3, 0.4) is 0 Å². The molecule has 6 nitrogen and oxygen atoms in total. The summed E-state index contributed by atoms with van der Waals surface area (Å²) in [4.78, 5) is 10.7. The van der Waals surface area contributed by atoms with Gasteiger partial charge in [0.15, 0.2) is 0 Å². The van der Waals surface area contributed by atoms with E-state index in [4.69, 9.17) is 20.0 Å². The molecule has 1 aromatic heterocycles. The van der Waals surface area contributed by atoms with E-state index in [1.165, 1.54) is 12.3 Å². The van der Waals surface area contributed by atoms with Crippen molar-refractivity contribution in [1.82, 2.24) is 0 Å². The van der Waals surface area contributed by atoms with Crippen molar-refractivity contribution in [2.45, 2.75) is 6.54 Å². The Bertz CT molecular complexity index is 735. The Morgan fingerprint density at radius 2 is 2.00 bits per heavy atom. The lowest BCUT2D eigenvalue weighted by Crippen LogP contribution is -1.99. The molecular formula is C14H9N3O3. The normalized spacial score (nSPS) is 9.50. The zero-order chi connectivity index (χ0) is 14.5. The summed E-state index contributed by atoms with van der Waals surface area (Å²) in [7, 11) is 0. The van der Waals surface area contributed by atoms with Gasteiger partial charge < -0.3 is 14.8 Å². The zero-order valence-corrected chi connectivity index (χ0v) is 10.3. The molecule has 0 saturated carbocycles. The van der Waals surface area contributed by atoms with Gasteiger partial charge in [0, 0.05) is 5.69 Å². The SMILES string of the molecule is N#Cc1ccc(NCc2cc(C(=O)O)co2)cc1C#N. The minimum absolute atomic E-state index is 0.0827. The van der Waals surface area contributed by atoms with Crippen LogP contribution in [0.15, 0.2) is 34.9 Å². The van der Waals surface area contributed by atoms with E-state index in [-0.39, 0.29) is 17.7 Å². The molecular weight excluding hydrogens is 258 g/mol. The van der Waals surface area contributed by atoms with E-state index in [9.17, 15) is 4.79 Å². The molecule has 0 radical (unpaired) electrons. The molecule has 2 aromatic rings. The van der Waals surface area contributed by atoms with E-state index in [2.05, 4.69) is 5.32 Å². The molecule has 2 rings (SSSR count). The maximum absolute atomic E-state index is 10.7. The minimum atomic E-state index is -1.05. The summed E-state index contributed by atoms with van der Waals surface area (Å²) in [6.45, 7) is 0.282. The van der Waals surface area contributed by atoms with E-state index in [0.29, 0.717) is 17.0 Å². The molecule has 0 fully saturated rings. The summed E-state index contributed by atoms with van der Waals surface area (Å²) >= 11 is 0. The number of hydrogen-bond acceptors (Lipinski definition) is 5. The number of furan rings is 1. The molecule has 6 heteroatoms. The molecule has 2 N–H and O–H groups in total. The smallest absolute Gasteiger partial charge is 0.338 e. The summed E-state index contributed by atoms with van der Waals surface area (Å²) < 4.78 is 5.09. The molecule has 0 amide bonds. The number of carbonyl (C=O) groups is 1. The van der Waals surface area contributed by atoms with Gasteiger partial charge in [-0.2, -0.15) is 10.5 Å². The highest BCUT2D eigenvalue weighted by molar-refractivity contribution is 5.87. The number of nitriles is 2. The third-order valence-electron chi connectivity index (χ3n) is 2.63. The lowest BCUT2D eigenvalue weighted by molar-refractivity contribution is 0.0696. The topological polar surface area (TPSA) is 110 Å². The molecule has 98 valence electrons. The largest absolute Gasteiger partial charge is 0.478 e. The molecule has 0 aliphatic rings. The van der Waals surface area contributed by atoms with Crippen molar-refractivity contribution in [3.63, 3.8) is 0 Å². The van der Waals surface area contributed by atoms with E-state index in [0.717, 1.165) is 0 Å². The lowest BCUT2D eigenvalue weighted by Gasteiger charge is -2.05. The minimum Gasteiger partial charge on any atom is -0.478 e. The molecule has 20 heavy (non-hydrogen) atoms. The molecule has 0 atom stereocenters. The van der Waals surface area contributed by atoms with Crippen molar-refractivity contribution < 1.29 is 14.3 Å². The summed E-state index contributed by atoms with van der Waals surface area (Å²) in [5.74, 6) is -0.588. The van der Waals surface area contributed by atoms with Crippen LogP contribution in [0.1, 0.15) is 27.2 Å². The van der Waals surface area contributed by atoms with Crippen LogP contribution in [0, 0.1) is 22.7 Å². The summed E-state index contributed by atoms with van der Waals surface area (Å²) in [5, 5.41) is 29.5. The molecule has 0 bridgehead atoms. The van der Waals surface area contributed by atoms with Crippen LogP contribution < -0.4 is 5.32 Å². The van der Waals surface area contributed by atoms with Gasteiger partial charge in [0.05, 0.1) is 23.2 Å². The highest BCUT2D eigenvalue weighted by atomic mass is 16.4. The number of carboxylic acids is 1. The summed E-state index contributed by atoms with van der Waals surface area (Å²) in [6, 6.07) is 10.1. The highest BCUT2D eigenvalue weighted by Crippen LogP contribution is 2.16. The highest BCUT2D eigenvalue weighted by Gasteiger charge is 2.08. The molecule has 0 aliphatic carbocycles. The number of rotatable bonds is 4. The fourth-order valence-corrected chi connectivity index (χ4v) is 1.62. The van der Waals surface area contributed by atoms with Crippen LogP contribution in [0.4, 0.5) is 5.69 Å². The van der Waals surface area contributed by atoms with Gasteiger partial charge >= 0.3 is 5.97 Å². The molecule has 0 unspecified atom stereocenters. The van der Waals surface area contributed by atoms with Gasteiger partial charge in [0.25, 0.3) is 0 Å².